The average Bonchev–Trinajstić information content (AvgIpc) is 3.11. The quantitative estimate of drug-likeness (QED) is 0.861. The maximum Gasteiger partial charge on any atom is 0.394 e. The number of hydrogen-bond donors (Lipinski definition) is 2. The van der Waals surface area contributed by atoms with E-state index >= 15 is 0 Å². The van der Waals surface area contributed by atoms with E-state index in [9.17, 15) is 22.8 Å². The highest BCUT2D eigenvalue weighted by Gasteiger charge is 2.53. The van der Waals surface area contributed by atoms with Gasteiger partial charge in [-0.15, -0.1) is 11.3 Å². The van der Waals surface area contributed by atoms with Crippen molar-refractivity contribution < 1.29 is 27.9 Å². The van der Waals surface area contributed by atoms with Crippen molar-refractivity contribution in [3.05, 3.63) is 29.6 Å². The molecular weight excluding hydrogens is 345 g/mol. The zero-order valence-electron chi connectivity index (χ0n) is 12.2. The number of carboxylic acid groups (broad SMARTS) is 1. The lowest BCUT2D eigenvalue weighted by Crippen LogP contribution is -2.35. The topological polar surface area (TPSA) is 69.6 Å². The Morgan fingerprint density at radius 2 is 1.96 bits per heavy atom. The Labute approximate surface area is 138 Å². The van der Waals surface area contributed by atoms with E-state index in [2.05, 4.69) is 5.32 Å². The molecule has 3 rings (SSSR count). The summed E-state index contributed by atoms with van der Waals surface area (Å²) in [7, 11) is 0. The van der Waals surface area contributed by atoms with Crippen LogP contribution < -0.4 is 5.32 Å². The first-order valence-corrected chi connectivity index (χ1v) is 7.97. The number of carboxylic acids is 1. The van der Waals surface area contributed by atoms with Crippen molar-refractivity contribution in [3.63, 3.8) is 0 Å². The van der Waals surface area contributed by atoms with Gasteiger partial charge in [-0.3, -0.25) is 4.79 Å². The second-order valence-electron chi connectivity index (χ2n) is 5.57. The fourth-order valence-electron chi connectivity index (χ4n) is 2.82. The summed E-state index contributed by atoms with van der Waals surface area (Å²) in [6.07, 6.45) is -4.66. The largest absolute Gasteiger partial charge is 0.481 e. The molecular formula is C15H13F3N2O3S. The number of nitrogens with zero attached hydrogens (tertiary/aromatic N) is 1. The third kappa shape index (κ3) is 3.03. The number of benzene rings is 1. The molecule has 24 heavy (non-hydrogen) atoms. The molecule has 1 aliphatic rings. The number of carbonyl (C=O) groups is 2. The van der Waals surface area contributed by atoms with Crippen LogP contribution in [0.25, 0.3) is 10.1 Å². The summed E-state index contributed by atoms with van der Waals surface area (Å²) in [6.45, 7) is -1.12. The van der Waals surface area contributed by atoms with Gasteiger partial charge in [-0.1, -0.05) is 18.2 Å². The molecule has 1 aromatic carbocycles. The molecule has 0 saturated carbocycles. The molecule has 2 N–H and O–H groups in total. The zero-order chi connectivity index (χ0) is 17.5. The van der Waals surface area contributed by atoms with E-state index in [-0.39, 0.29) is 0 Å². The molecule has 2 heterocycles. The van der Waals surface area contributed by atoms with Gasteiger partial charge in [0.15, 0.2) is 0 Å². The van der Waals surface area contributed by atoms with E-state index in [1.165, 1.54) is 11.3 Å². The third-order valence-electron chi connectivity index (χ3n) is 4.07. The molecule has 0 radical (unpaired) electrons. The number of likely N-dealkylation sites (tertiary alicyclic amines) is 1. The second kappa shape index (κ2) is 5.97. The van der Waals surface area contributed by atoms with E-state index in [0.717, 1.165) is 15.0 Å². The molecule has 0 bridgehead atoms. The smallest absolute Gasteiger partial charge is 0.394 e. The van der Waals surface area contributed by atoms with Gasteiger partial charge in [0, 0.05) is 28.6 Å². The van der Waals surface area contributed by atoms with Gasteiger partial charge in [0.25, 0.3) is 0 Å². The van der Waals surface area contributed by atoms with Gasteiger partial charge in [0.1, 0.15) is 0 Å². The molecule has 1 aromatic heterocycles. The van der Waals surface area contributed by atoms with Crippen LogP contribution in [-0.2, 0) is 4.79 Å². The fraction of sp³-hybridized carbons (Fsp3) is 0.333. The number of urea groups is 1. The normalized spacial score (nSPS) is 21.2. The number of hydrogen-bond acceptors (Lipinski definition) is 3. The number of nitrogens with one attached hydrogen (secondary N) is 1. The van der Waals surface area contributed by atoms with Crippen molar-refractivity contribution in [1.29, 1.82) is 0 Å². The van der Waals surface area contributed by atoms with Gasteiger partial charge < -0.3 is 15.3 Å². The molecule has 1 saturated heterocycles. The predicted molar refractivity (Wildman–Crippen MR) is 83.1 cm³/mol. The van der Waals surface area contributed by atoms with Gasteiger partial charge in [-0.05, 0) is 6.07 Å². The third-order valence-corrected chi connectivity index (χ3v) is 5.03. The lowest BCUT2D eigenvalue weighted by atomic mass is 9.96. The Morgan fingerprint density at radius 1 is 1.25 bits per heavy atom. The summed E-state index contributed by atoms with van der Waals surface area (Å²) in [5.41, 5.74) is 0.503. The van der Waals surface area contributed by atoms with Crippen LogP contribution in [-0.4, -0.2) is 41.3 Å². The molecule has 2 aromatic rings. The number of halogens is 3. The molecule has 128 valence electrons. The highest BCUT2D eigenvalue weighted by molar-refractivity contribution is 7.17. The Hall–Kier alpha value is -2.29. The van der Waals surface area contributed by atoms with Crippen LogP contribution in [0.2, 0.25) is 0 Å². The Kier molecular flexibility index (Phi) is 4.12. The van der Waals surface area contributed by atoms with Crippen LogP contribution in [0.3, 0.4) is 0 Å². The maximum absolute atomic E-state index is 13.0. The van der Waals surface area contributed by atoms with Gasteiger partial charge in [-0.25, -0.2) is 4.79 Å². The fourth-order valence-corrected chi connectivity index (χ4v) is 3.71. The van der Waals surface area contributed by atoms with Gasteiger partial charge in [-0.2, -0.15) is 13.2 Å². The second-order valence-corrected chi connectivity index (χ2v) is 6.48. The first-order valence-electron chi connectivity index (χ1n) is 7.09. The molecule has 9 heteroatoms. The molecule has 2 atom stereocenters. The van der Waals surface area contributed by atoms with Crippen molar-refractivity contribution in [1.82, 2.24) is 4.90 Å². The van der Waals surface area contributed by atoms with Crippen molar-refractivity contribution in [2.75, 3.05) is 18.4 Å². The molecule has 5 nitrogen and oxygen atoms in total. The number of carbonyl (C=O) groups excluding carboxylic acids is 1. The lowest BCUT2D eigenvalue weighted by molar-refractivity contribution is -0.187. The summed E-state index contributed by atoms with van der Waals surface area (Å²) >= 11 is 1.40. The lowest BCUT2D eigenvalue weighted by Gasteiger charge is -2.18. The number of fused-ring (bicyclic) bond motifs is 1. The number of thiophene rings is 1. The Bertz CT molecular complexity index is 790. The molecule has 0 aliphatic carbocycles. The van der Waals surface area contributed by atoms with E-state index in [1.807, 2.05) is 12.1 Å². The minimum absolute atomic E-state index is 0.465. The number of rotatable bonds is 2. The van der Waals surface area contributed by atoms with Gasteiger partial charge >= 0.3 is 18.2 Å². The number of alkyl halides is 3. The standard InChI is InChI=1S/C15H13F3N2O3S/c16-15(17,18)10-6-20(5-9(10)13(21)22)14(23)19-11-7-24-12-4-2-1-3-8(11)12/h1-4,7,9-10H,5-6H2,(H,19,23)(H,21,22)/t9-,10-/m1/s1. The summed E-state index contributed by atoms with van der Waals surface area (Å²) in [5.74, 6) is -5.25. The van der Waals surface area contributed by atoms with Crippen LogP contribution in [0, 0.1) is 11.8 Å². The van der Waals surface area contributed by atoms with Gasteiger partial charge in [0.05, 0.1) is 17.5 Å². The van der Waals surface area contributed by atoms with Crippen LogP contribution >= 0.6 is 11.3 Å². The van der Waals surface area contributed by atoms with Crippen molar-refractivity contribution in [2.45, 2.75) is 6.18 Å². The molecule has 2 amide bonds. The highest BCUT2D eigenvalue weighted by Crippen LogP contribution is 2.38. The van der Waals surface area contributed by atoms with Crippen molar-refractivity contribution >= 4 is 39.1 Å². The van der Waals surface area contributed by atoms with Crippen LogP contribution in [0.1, 0.15) is 0 Å². The monoisotopic (exact) mass is 358 g/mol. The predicted octanol–water partition coefficient (Wildman–Crippen LogP) is 3.63. The van der Waals surface area contributed by atoms with E-state index in [1.54, 1.807) is 17.5 Å². The average molecular weight is 358 g/mol. The number of amides is 2. The SMILES string of the molecule is O=C(O)[C@@H]1CN(C(=O)Nc2csc3ccccc23)C[C@H]1C(F)(F)F. The van der Waals surface area contributed by atoms with Crippen LogP contribution in [0.15, 0.2) is 29.6 Å². The van der Waals surface area contributed by atoms with E-state index in [4.69, 9.17) is 5.11 Å². The summed E-state index contributed by atoms with van der Waals surface area (Å²) in [5, 5.41) is 14.1. The van der Waals surface area contributed by atoms with Crippen LogP contribution in [0.4, 0.5) is 23.7 Å². The Balaban J connectivity index is 1.77. The number of aliphatic carboxylic acids is 1. The first-order chi connectivity index (χ1) is 11.3. The maximum atomic E-state index is 13.0. The summed E-state index contributed by atoms with van der Waals surface area (Å²) in [6, 6.07) is 6.57. The summed E-state index contributed by atoms with van der Waals surface area (Å²) < 4.78 is 39.9. The summed E-state index contributed by atoms with van der Waals surface area (Å²) in [4.78, 5) is 24.2. The molecule has 0 spiro atoms. The van der Waals surface area contributed by atoms with Crippen molar-refractivity contribution in [2.24, 2.45) is 11.8 Å². The van der Waals surface area contributed by atoms with Crippen LogP contribution in [0.5, 0.6) is 0 Å². The molecule has 1 fully saturated rings. The van der Waals surface area contributed by atoms with E-state index in [0.29, 0.717) is 5.69 Å². The van der Waals surface area contributed by atoms with Gasteiger partial charge in [0.2, 0.25) is 0 Å². The number of anilines is 1. The molecule has 1 aliphatic heterocycles. The first kappa shape index (κ1) is 16.6. The molecule has 0 unspecified atom stereocenters. The van der Waals surface area contributed by atoms with E-state index < -0.39 is 43.1 Å². The minimum atomic E-state index is -4.66. The Morgan fingerprint density at radius 3 is 2.58 bits per heavy atom. The van der Waals surface area contributed by atoms with Crippen molar-refractivity contribution in [3.8, 4) is 0 Å². The zero-order valence-corrected chi connectivity index (χ0v) is 13.0. The highest BCUT2D eigenvalue weighted by atomic mass is 32.1. The minimum Gasteiger partial charge on any atom is -0.481 e.